The van der Waals surface area contributed by atoms with Crippen LogP contribution in [0.5, 0.6) is 0 Å². The molecule has 5 rings (SSSR count). The molecule has 2 aliphatic rings. The molecule has 0 spiro atoms. The van der Waals surface area contributed by atoms with Crippen LogP contribution in [0.15, 0.2) is 72.8 Å². The Hall–Kier alpha value is -2.95. The molecular formula is C31H36N2O2. The summed E-state index contributed by atoms with van der Waals surface area (Å²) in [7, 11) is 0. The zero-order valence-corrected chi connectivity index (χ0v) is 20.8. The van der Waals surface area contributed by atoms with E-state index in [-0.39, 0.29) is 30.3 Å². The minimum atomic E-state index is -0.197. The minimum Gasteiger partial charge on any atom is -0.396 e. The Kier molecular flexibility index (Phi) is 7.03. The van der Waals surface area contributed by atoms with Crippen molar-refractivity contribution >= 4 is 5.91 Å². The van der Waals surface area contributed by atoms with Crippen LogP contribution in [0.3, 0.4) is 0 Å². The standard InChI is InChI=1S/C31H36N2O2/c1-21-8-6-13-26(22(21)2)19-33(28-14-15-28)31(35)29-18-32-17-27(20-34)30(29)25-12-7-11-24(16-25)23-9-4-3-5-10-23/h3-13,16,27-30,32,34H,14-15,17-20H2,1-2H3/t27-,29-,30-/m0/s1. The van der Waals surface area contributed by atoms with E-state index in [9.17, 15) is 9.90 Å². The molecule has 0 aromatic heterocycles. The van der Waals surface area contributed by atoms with E-state index >= 15 is 0 Å². The molecular weight excluding hydrogens is 432 g/mol. The highest BCUT2D eigenvalue weighted by Crippen LogP contribution is 2.40. The minimum absolute atomic E-state index is 0.00508. The molecule has 1 aliphatic heterocycles. The van der Waals surface area contributed by atoms with Gasteiger partial charge in [0.05, 0.1) is 5.92 Å². The number of piperidine rings is 1. The van der Waals surface area contributed by atoms with E-state index < -0.39 is 0 Å². The van der Waals surface area contributed by atoms with Crippen molar-refractivity contribution in [3.05, 3.63) is 95.1 Å². The monoisotopic (exact) mass is 468 g/mol. The number of rotatable bonds is 7. The molecule has 182 valence electrons. The third kappa shape index (κ3) is 5.05. The van der Waals surface area contributed by atoms with E-state index in [1.54, 1.807) is 0 Å². The van der Waals surface area contributed by atoms with Gasteiger partial charge in [-0.25, -0.2) is 0 Å². The van der Waals surface area contributed by atoms with E-state index in [1.165, 1.54) is 22.3 Å². The van der Waals surface area contributed by atoms with Crippen LogP contribution in [0.25, 0.3) is 11.1 Å². The highest BCUT2D eigenvalue weighted by atomic mass is 16.3. The lowest BCUT2D eigenvalue weighted by Crippen LogP contribution is -2.51. The molecule has 3 aromatic rings. The maximum Gasteiger partial charge on any atom is 0.228 e. The Balaban J connectivity index is 1.47. The van der Waals surface area contributed by atoms with E-state index in [0.717, 1.165) is 30.5 Å². The number of hydrogen-bond acceptors (Lipinski definition) is 3. The van der Waals surface area contributed by atoms with E-state index in [1.807, 2.05) is 6.07 Å². The van der Waals surface area contributed by atoms with Gasteiger partial charge in [-0.2, -0.15) is 0 Å². The van der Waals surface area contributed by atoms with Gasteiger partial charge in [0.15, 0.2) is 0 Å². The van der Waals surface area contributed by atoms with E-state index in [4.69, 9.17) is 0 Å². The molecule has 1 aliphatic carbocycles. The maximum absolute atomic E-state index is 14.2. The maximum atomic E-state index is 14.2. The summed E-state index contributed by atoms with van der Waals surface area (Å²) in [4.78, 5) is 16.3. The van der Waals surface area contributed by atoms with Crippen molar-refractivity contribution in [3.8, 4) is 11.1 Å². The number of aliphatic hydroxyl groups excluding tert-OH is 1. The molecule has 1 amide bonds. The predicted molar refractivity (Wildman–Crippen MR) is 141 cm³/mol. The largest absolute Gasteiger partial charge is 0.396 e. The Morgan fingerprint density at radius 1 is 0.943 bits per heavy atom. The quantitative estimate of drug-likeness (QED) is 0.509. The summed E-state index contributed by atoms with van der Waals surface area (Å²) < 4.78 is 0. The molecule has 2 N–H and O–H groups in total. The smallest absolute Gasteiger partial charge is 0.228 e. The van der Waals surface area contributed by atoms with Gasteiger partial charge in [-0.1, -0.05) is 72.8 Å². The number of aliphatic hydroxyl groups is 1. The third-order valence-corrected chi connectivity index (χ3v) is 7.97. The summed E-state index contributed by atoms with van der Waals surface area (Å²) in [5.74, 6) is 0.00885. The van der Waals surface area contributed by atoms with Gasteiger partial charge < -0.3 is 15.3 Å². The fraction of sp³-hybridized carbons (Fsp3) is 0.387. The lowest BCUT2D eigenvalue weighted by atomic mass is 9.73. The number of carbonyl (C=O) groups excluding carboxylic acids is 1. The number of nitrogens with zero attached hydrogens (tertiary/aromatic N) is 1. The van der Waals surface area contributed by atoms with Crippen LogP contribution in [-0.2, 0) is 11.3 Å². The fourth-order valence-electron chi connectivity index (χ4n) is 5.64. The Morgan fingerprint density at radius 2 is 1.69 bits per heavy atom. The van der Waals surface area contributed by atoms with E-state index in [2.05, 4.69) is 90.8 Å². The van der Waals surface area contributed by atoms with Crippen molar-refractivity contribution in [2.45, 2.75) is 45.2 Å². The van der Waals surface area contributed by atoms with Crippen LogP contribution in [0, 0.1) is 25.7 Å². The summed E-state index contributed by atoms with van der Waals surface area (Å²) in [6.45, 7) is 6.38. The average Bonchev–Trinajstić information content (AvgIpc) is 3.74. The molecule has 1 saturated heterocycles. The van der Waals surface area contributed by atoms with Crippen LogP contribution in [0.2, 0.25) is 0 Å². The van der Waals surface area contributed by atoms with Crippen molar-refractivity contribution in [1.82, 2.24) is 10.2 Å². The third-order valence-electron chi connectivity index (χ3n) is 7.97. The van der Waals surface area contributed by atoms with Crippen molar-refractivity contribution in [3.63, 3.8) is 0 Å². The number of benzene rings is 3. The summed E-state index contributed by atoms with van der Waals surface area (Å²) >= 11 is 0. The Bertz CT molecular complexity index is 1170. The molecule has 1 saturated carbocycles. The number of hydrogen-bond donors (Lipinski definition) is 2. The second-order valence-electron chi connectivity index (χ2n) is 10.3. The van der Waals surface area contributed by atoms with Crippen LogP contribution >= 0.6 is 0 Å². The van der Waals surface area contributed by atoms with Crippen molar-refractivity contribution in [1.29, 1.82) is 0 Å². The summed E-state index contributed by atoms with van der Waals surface area (Å²) in [5.41, 5.74) is 7.23. The molecule has 4 nitrogen and oxygen atoms in total. The predicted octanol–water partition coefficient (Wildman–Crippen LogP) is 5.07. The fourth-order valence-corrected chi connectivity index (χ4v) is 5.64. The highest BCUT2D eigenvalue weighted by Gasteiger charge is 2.43. The molecule has 3 atom stereocenters. The molecule has 4 heteroatoms. The van der Waals surface area contributed by atoms with Crippen molar-refractivity contribution in [2.24, 2.45) is 11.8 Å². The van der Waals surface area contributed by atoms with Crippen LogP contribution in [-0.4, -0.2) is 41.7 Å². The molecule has 1 heterocycles. The first-order valence-electron chi connectivity index (χ1n) is 12.9. The molecule has 2 fully saturated rings. The van der Waals surface area contributed by atoms with Gasteiger partial charge in [0.25, 0.3) is 0 Å². The van der Waals surface area contributed by atoms with Gasteiger partial charge in [-0.15, -0.1) is 0 Å². The molecule has 0 bridgehead atoms. The average molecular weight is 469 g/mol. The topological polar surface area (TPSA) is 52.6 Å². The molecule has 35 heavy (non-hydrogen) atoms. The van der Waals surface area contributed by atoms with Crippen LogP contribution < -0.4 is 5.32 Å². The lowest BCUT2D eigenvalue weighted by Gasteiger charge is -2.40. The van der Waals surface area contributed by atoms with Gasteiger partial charge in [-0.3, -0.25) is 4.79 Å². The SMILES string of the molecule is Cc1cccc(CN(C(=O)[C@H]2CNC[C@@H](CO)[C@@H]2c2cccc(-c3ccccc3)c2)C2CC2)c1C. The van der Waals surface area contributed by atoms with Gasteiger partial charge in [0, 0.05) is 44.1 Å². The highest BCUT2D eigenvalue weighted by molar-refractivity contribution is 5.81. The van der Waals surface area contributed by atoms with Gasteiger partial charge in [0.1, 0.15) is 0 Å². The van der Waals surface area contributed by atoms with Crippen molar-refractivity contribution in [2.75, 3.05) is 19.7 Å². The summed E-state index contributed by atoms with van der Waals surface area (Å²) in [6, 6.07) is 25.6. The van der Waals surface area contributed by atoms with Crippen LogP contribution in [0.4, 0.5) is 0 Å². The normalized spacial score (nSPS) is 22.1. The molecule has 3 aromatic carbocycles. The molecule has 0 radical (unpaired) electrons. The van der Waals surface area contributed by atoms with Crippen molar-refractivity contribution < 1.29 is 9.90 Å². The zero-order chi connectivity index (χ0) is 24.4. The second-order valence-corrected chi connectivity index (χ2v) is 10.3. The second kappa shape index (κ2) is 10.3. The van der Waals surface area contributed by atoms with Gasteiger partial charge >= 0.3 is 0 Å². The summed E-state index contributed by atoms with van der Waals surface area (Å²) in [5, 5.41) is 13.8. The first-order valence-corrected chi connectivity index (χ1v) is 12.9. The number of aryl methyl sites for hydroxylation is 1. The Morgan fingerprint density at radius 3 is 2.43 bits per heavy atom. The zero-order valence-electron chi connectivity index (χ0n) is 20.8. The van der Waals surface area contributed by atoms with E-state index in [0.29, 0.717) is 19.1 Å². The molecule has 0 unspecified atom stereocenters. The number of carbonyl (C=O) groups is 1. The first-order chi connectivity index (χ1) is 17.1. The van der Waals surface area contributed by atoms with Gasteiger partial charge in [0.2, 0.25) is 5.91 Å². The Labute approximate surface area is 209 Å². The number of nitrogens with one attached hydrogen (secondary N) is 1. The number of amides is 1. The van der Waals surface area contributed by atoms with Crippen LogP contribution in [0.1, 0.15) is 41.0 Å². The first kappa shape index (κ1) is 23.8. The summed E-state index contributed by atoms with van der Waals surface area (Å²) in [6.07, 6.45) is 2.16. The van der Waals surface area contributed by atoms with Gasteiger partial charge in [-0.05, 0) is 60.1 Å². The lowest BCUT2D eigenvalue weighted by molar-refractivity contribution is -0.139.